The molecule has 0 aromatic rings. The Labute approximate surface area is 97.0 Å². The van der Waals surface area contributed by atoms with Crippen LogP contribution in [-0.2, 0) is 23.7 Å². The molecule has 0 N–H and O–H groups in total. The molecule has 0 amide bonds. The molecule has 1 heterocycles. The molecule has 0 bridgehead atoms. The van der Waals surface area contributed by atoms with Crippen molar-refractivity contribution in [3.8, 4) is 0 Å². The van der Waals surface area contributed by atoms with Gasteiger partial charge in [-0.25, -0.2) is 0 Å². The highest BCUT2D eigenvalue weighted by atomic mass is 16.6. The van der Waals surface area contributed by atoms with Gasteiger partial charge >= 0.3 is 0 Å². The third kappa shape index (κ3) is 2.73. The molecule has 1 aliphatic rings. The molecule has 3 unspecified atom stereocenters. The molecule has 0 aromatic heterocycles. The minimum absolute atomic E-state index is 0.0403. The first-order chi connectivity index (χ1) is 7.69. The quantitative estimate of drug-likeness (QED) is 0.692. The summed E-state index contributed by atoms with van der Waals surface area (Å²) in [6.45, 7) is 2.45. The minimum atomic E-state index is -0.175. The number of hydrogen-bond acceptors (Lipinski definition) is 5. The molecule has 1 fully saturated rings. The zero-order chi connectivity index (χ0) is 12.1. The van der Waals surface area contributed by atoms with Crippen LogP contribution in [0.3, 0.4) is 0 Å². The number of rotatable bonds is 5. The average molecular weight is 234 g/mol. The van der Waals surface area contributed by atoms with E-state index in [4.69, 9.17) is 23.7 Å². The predicted octanol–water partition coefficient (Wildman–Crippen LogP) is 0.465. The molecule has 1 rings (SSSR count). The van der Waals surface area contributed by atoms with Crippen LogP contribution < -0.4 is 0 Å². The summed E-state index contributed by atoms with van der Waals surface area (Å²) in [5.41, 5.74) is 0. The monoisotopic (exact) mass is 234 g/mol. The first-order valence-corrected chi connectivity index (χ1v) is 5.42. The summed E-state index contributed by atoms with van der Waals surface area (Å²) in [6.07, 6.45) is -0.601. The number of methoxy groups -OCH3 is 4. The van der Waals surface area contributed by atoms with Gasteiger partial charge in [0.15, 0.2) is 0 Å². The summed E-state index contributed by atoms with van der Waals surface area (Å²) in [5, 5.41) is 0. The van der Waals surface area contributed by atoms with Gasteiger partial charge in [-0.15, -0.1) is 0 Å². The van der Waals surface area contributed by atoms with Crippen LogP contribution in [0.1, 0.15) is 6.92 Å². The van der Waals surface area contributed by atoms with Crippen LogP contribution in [0.15, 0.2) is 0 Å². The van der Waals surface area contributed by atoms with Crippen LogP contribution in [0.2, 0.25) is 0 Å². The lowest BCUT2D eigenvalue weighted by Crippen LogP contribution is -2.59. The van der Waals surface area contributed by atoms with Crippen molar-refractivity contribution >= 4 is 0 Å². The third-order valence-corrected chi connectivity index (χ3v) is 3.01. The number of hydrogen-bond donors (Lipinski definition) is 0. The molecule has 1 aliphatic heterocycles. The second-order valence-corrected chi connectivity index (χ2v) is 3.94. The Hall–Kier alpha value is -0.200. The van der Waals surface area contributed by atoms with E-state index >= 15 is 0 Å². The SMILES string of the molecule is COC[C@@H]1O[C@H](C)C(OC)C(OC)C1OC. The largest absolute Gasteiger partial charge is 0.382 e. The van der Waals surface area contributed by atoms with Crippen LogP contribution in [0.5, 0.6) is 0 Å². The smallest absolute Gasteiger partial charge is 0.114 e. The van der Waals surface area contributed by atoms with Crippen molar-refractivity contribution in [2.24, 2.45) is 0 Å². The molecule has 0 radical (unpaired) electrons. The molecule has 16 heavy (non-hydrogen) atoms. The van der Waals surface area contributed by atoms with E-state index in [9.17, 15) is 0 Å². The summed E-state index contributed by atoms with van der Waals surface area (Å²) in [6, 6.07) is 0. The van der Waals surface area contributed by atoms with Crippen LogP contribution in [0.4, 0.5) is 0 Å². The lowest BCUT2D eigenvalue weighted by Gasteiger charge is -2.43. The second-order valence-electron chi connectivity index (χ2n) is 3.94. The second kappa shape index (κ2) is 6.51. The Kier molecular flexibility index (Phi) is 5.64. The van der Waals surface area contributed by atoms with E-state index in [1.807, 2.05) is 6.92 Å². The Bertz CT molecular complexity index is 199. The van der Waals surface area contributed by atoms with E-state index < -0.39 is 0 Å². The van der Waals surface area contributed by atoms with Crippen molar-refractivity contribution in [3.05, 3.63) is 0 Å². The molecule has 0 saturated carbocycles. The van der Waals surface area contributed by atoms with Gasteiger partial charge in [-0.05, 0) is 6.92 Å². The van der Waals surface area contributed by atoms with Gasteiger partial charge in [0.1, 0.15) is 24.4 Å². The fourth-order valence-electron chi connectivity index (χ4n) is 2.27. The summed E-state index contributed by atoms with van der Waals surface area (Å²) < 4.78 is 27.2. The maximum atomic E-state index is 5.81. The maximum absolute atomic E-state index is 5.81. The first kappa shape index (κ1) is 13.9. The van der Waals surface area contributed by atoms with Crippen LogP contribution >= 0.6 is 0 Å². The van der Waals surface area contributed by atoms with Gasteiger partial charge in [-0.2, -0.15) is 0 Å². The molecule has 5 atom stereocenters. The Morgan fingerprint density at radius 3 is 1.88 bits per heavy atom. The van der Waals surface area contributed by atoms with Gasteiger partial charge in [0.25, 0.3) is 0 Å². The Morgan fingerprint density at radius 1 is 0.875 bits per heavy atom. The highest BCUT2D eigenvalue weighted by Gasteiger charge is 2.45. The summed E-state index contributed by atoms with van der Waals surface area (Å²) >= 11 is 0. The lowest BCUT2D eigenvalue weighted by atomic mass is 9.95. The standard InChI is InChI=1S/C11H22O5/c1-7-9(13-3)11(15-5)10(14-4)8(16-7)6-12-2/h7-11H,6H2,1-5H3/t7-,8+,9?,10?,11?/m1/s1. The topological polar surface area (TPSA) is 46.2 Å². The van der Waals surface area contributed by atoms with E-state index in [2.05, 4.69) is 0 Å². The highest BCUT2D eigenvalue weighted by Crippen LogP contribution is 2.26. The van der Waals surface area contributed by atoms with Crippen LogP contribution in [0.25, 0.3) is 0 Å². The summed E-state index contributed by atoms with van der Waals surface area (Å²) in [4.78, 5) is 0. The van der Waals surface area contributed by atoms with Gasteiger partial charge in [-0.1, -0.05) is 0 Å². The van der Waals surface area contributed by atoms with Gasteiger partial charge in [0, 0.05) is 28.4 Å². The van der Waals surface area contributed by atoms with Crippen molar-refractivity contribution in [1.29, 1.82) is 0 Å². The normalized spacial score (nSPS) is 39.9. The van der Waals surface area contributed by atoms with Gasteiger partial charge in [-0.3, -0.25) is 0 Å². The van der Waals surface area contributed by atoms with E-state index in [1.54, 1.807) is 28.4 Å². The van der Waals surface area contributed by atoms with Crippen LogP contribution in [0, 0.1) is 0 Å². The lowest BCUT2D eigenvalue weighted by molar-refractivity contribution is -0.245. The third-order valence-electron chi connectivity index (χ3n) is 3.01. The van der Waals surface area contributed by atoms with Crippen molar-refractivity contribution < 1.29 is 23.7 Å². The fourth-order valence-corrected chi connectivity index (χ4v) is 2.27. The zero-order valence-corrected chi connectivity index (χ0v) is 10.6. The first-order valence-electron chi connectivity index (χ1n) is 5.42. The van der Waals surface area contributed by atoms with E-state index in [0.717, 1.165) is 0 Å². The molecule has 0 aromatic carbocycles. The highest BCUT2D eigenvalue weighted by molar-refractivity contribution is 4.93. The van der Waals surface area contributed by atoms with E-state index in [-0.39, 0.29) is 30.5 Å². The minimum Gasteiger partial charge on any atom is -0.382 e. The molecule has 1 saturated heterocycles. The molecule has 0 aliphatic carbocycles. The molecule has 5 nitrogen and oxygen atoms in total. The summed E-state index contributed by atoms with van der Waals surface area (Å²) in [7, 11) is 6.60. The zero-order valence-electron chi connectivity index (χ0n) is 10.6. The Morgan fingerprint density at radius 2 is 1.44 bits per heavy atom. The fraction of sp³-hybridized carbons (Fsp3) is 1.00. The van der Waals surface area contributed by atoms with Gasteiger partial charge in [0.2, 0.25) is 0 Å². The van der Waals surface area contributed by atoms with Crippen molar-refractivity contribution in [2.75, 3.05) is 35.0 Å². The van der Waals surface area contributed by atoms with E-state index in [0.29, 0.717) is 6.61 Å². The molecule has 5 heteroatoms. The van der Waals surface area contributed by atoms with Crippen molar-refractivity contribution in [1.82, 2.24) is 0 Å². The number of ether oxygens (including phenoxy) is 5. The van der Waals surface area contributed by atoms with Gasteiger partial charge in [0.05, 0.1) is 12.7 Å². The molecule has 0 spiro atoms. The van der Waals surface area contributed by atoms with Crippen LogP contribution in [-0.4, -0.2) is 65.6 Å². The molecular weight excluding hydrogens is 212 g/mol. The summed E-state index contributed by atoms with van der Waals surface area (Å²) in [5.74, 6) is 0. The van der Waals surface area contributed by atoms with Crippen molar-refractivity contribution in [3.63, 3.8) is 0 Å². The Balaban J connectivity index is 2.78. The predicted molar refractivity (Wildman–Crippen MR) is 58.6 cm³/mol. The maximum Gasteiger partial charge on any atom is 0.114 e. The van der Waals surface area contributed by atoms with E-state index in [1.165, 1.54) is 0 Å². The average Bonchev–Trinajstić information content (AvgIpc) is 2.28. The van der Waals surface area contributed by atoms with Gasteiger partial charge < -0.3 is 23.7 Å². The van der Waals surface area contributed by atoms with Crippen molar-refractivity contribution in [2.45, 2.75) is 37.4 Å². The molecular formula is C11H22O5. The molecule has 96 valence electrons.